The first-order valence-electron chi connectivity index (χ1n) is 7.02. The predicted molar refractivity (Wildman–Crippen MR) is 90.0 cm³/mol. The fourth-order valence-electron chi connectivity index (χ4n) is 1.97. The SMILES string of the molecule is CCNc1cc(C(C)C)nc(-c2ccc(OC)c(Br)c2)n1. The van der Waals surface area contributed by atoms with Crippen LogP contribution in [0, 0.1) is 0 Å². The van der Waals surface area contributed by atoms with Crippen LogP contribution in [0.25, 0.3) is 11.4 Å². The van der Waals surface area contributed by atoms with Crippen LogP contribution in [0.4, 0.5) is 5.82 Å². The van der Waals surface area contributed by atoms with Crippen molar-refractivity contribution in [2.45, 2.75) is 26.7 Å². The van der Waals surface area contributed by atoms with E-state index >= 15 is 0 Å². The van der Waals surface area contributed by atoms with E-state index in [0.717, 1.165) is 39.7 Å². The fourth-order valence-corrected chi connectivity index (χ4v) is 2.51. The number of ether oxygens (including phenoxy) is 1. The lowest BCUT2D eigenvalue weighted by Gasteiger charge is -2.12. The lowest BCUT2D eigenvalue weighted by molar-refractivity contribution is 0.412. The molecule has 21 heavy (non-hydrogen) atoms. The number of hydrogen-bond acceptors (Lipinski definition) is 4. The smallest absolute Gasteiger partial charge is 0.161 e. The topological polar surface area (TPSA) is 47.0 Å². The van der Waals surface area contributed by atoms with E-state index in [4.69, 9.17) is 4.74 Å². The number of nitrogens with zero attached hydrogens (tertiary/aromatic N) is 2. The van der Waals surface area contributed by atoms with Gasteiger partial charge >= 0.3 is 0 Å². The Balaban J connectivity index is 2.49. The van der Waals surface area contributed by atoms with Crippen LogP contribution in [0.5, 0.6) is 5.75 Å². The van der Waals surface area contributed by atoms with E-state index in [1.165, 1.54) is 0 Å². The molecular weight excluding hydrogens is 330 g/mol. The Bertz CT molecular complexity index is 629. The molecule has 1 aromatic carbocycles. The molecule has 0 aliphatic carbocycles. The third-order valence-electron chi connectivity index (χ3n) is 3.11. The number of nitrogens with one attached hydrogen (secondary N) is 1. The molecule has 0 atom stereocenters. The van der Waals surface area contributed by atoms with Gasteiger partial charge in [-0.1, -0.05) is 13.8 Å². The van der Waals surface area contributed by atoms with E-state index in [9.17, 15) is 0 Å². The highest BCUT2D eigenvalue weighted by molar-refractivity contribution is 9.10. The number of aromatic nitrogens is 2. The van der Waals surface area contributed by atoms with Gasteiger partial charge in [0.25, 0.3) is 0 Å². The van der Waals surface area contributed by atoms with Crippen LogP contribution in [-0.4, -0.2) is 23.6 Å². The molecule has 1 heterocycles. The second kappa shape index (κ2) is 6.89. The largest absolute Gasteiger partial charge is 0.496 e. The Kier molecular flexibility index (Phi) is 5.17. The molecule has 0 aliphatic heterocycles. The summed E-state index contributed by atoms with van der Waals surface area (Å²) in [4.78, 5) is 9.26. The number of rotatable bonds is 5. The lowest BCUT2D eigenvalue weighted by Crippen LogP contribution is -2.05. The molecule has 0 unspecified atom stereocenters. The zero-order valence-corrected chi connectivity index (χ0v) is 14.4. The van der Waals surface area contributed by atoms with Crippen LogP contribution in [0.3, 0.4) is 0 Å². The van der Waals surface area contributed by atoms with E-state index in [1.54, 1.807) is 7.11 Å². The van der Waals surface area contributed by atoms with Crippen molar-refractivity contribution in [1.82, 2.24) is 9.97 Å². The van der Waals surface area contributed by atoms with Crippen LogP contribution in [-0.2, 0) is 0 Å². The monoisotopic (exact) mass is 349 g/mol. The Labute approximate surface area is 134 Å². The van der Waals surface area contributed by atoms with Crippen LogP contribution in [0.2, 0.25) is 0 Å². The van der Waals surface area contributed by atoms with Gasteiger partial charge < -0.3 is 10.1 Å². The van der Waals surface area contributed by atoms with Crippen molar-refractivity contribution in [3.05, 3.63) is 34.4 Å². The summed E-state index contributed by atoms with van der Waals surface area (Å²) in [7, 11) is 1.65. The minimum atomic E-state index is 0.353. The first-order chi connectivity index (χ1) is 10.0. The van der Waals surface area contributed by atoms with E-state index in [0.29, 0.717) is 5.92 Å². The zero-order valence-electron chi connectivity index (χ0n) is 12.8. The van der Waals surface area contributed by atoms with E-state index in [-0.39, 0.29) is 0 Å². The molecule has 0 bridgehead atoms. The van der Waals surface area contributed by atoms with Crippen molar-refractivity contribution in [2.75, 3.05) is 19.0 Å². The standard InChI is InChI=1S/C16H20BrN3O/c1-5-18-15-9-13(10(2)3)19-16(20-15)11-6-7-14(21-4)12(17)8-11/h6-10H,5H2,1-4H3,(H,18,19,20). The molecule has 0 saturated heterocycles. The molecule has 1 N–H and O–H groups in total. The third-order valence-corrected chi connectivity index (χ3v) is 3.73. The second-order valence-electron chi connectivity index (χ2n) is 5.04. The third kappa shape index (κ3) is 3.73. The number of halogens is 1. The summed E-state index contributed by atoms with van der Waals surface area (Å²) in [6, 6.07) is 7.88. The predicted octanol–water partition coefficient (Wildman–Crippen LogP) is 4.47. The van der Waals surface area contributed by atoms with E-state index in [2.05, 4.69) is 52.0 Å². The zero-order chi connectivity index (χ0) is 15.4. The van der Waals surface area contributed by atoms with Gasteiger partial charge in [-0.05, 0) is 47.0 Å². The molecule has 112 valence electrons. The van der Waals surface area contributed by atoms with Gasteiger partial charge in [0, 0.05) is 23.9 Å². The summed E-state index contributed by atoms with van der Waals surface area (Å²) in [6.07, 6.45) is 0. The molecule has 1 aromatic heterocycles. The van der Waals surface area contributed by atoms with Gasteiger partial charge in [0.2, 0.25) is 0 Å². The number of benzene rings is 1. The molecule has 0 spiro atoms. The van der Waals surface area contributed by atoms with Gasteiger partial charge in [0.05, 0.1) is 11.6 Å². The maximum atomic E-state index is 5.26. The molecule has 0 saturated carbocycles. The van der Waals surface area contributed by atoms with Crippen molar-refractivity contribution in [3.63, 3.8) is 0 Å². The minimum absolute atomic E-state index is 0.353. The minimum Gasteiger partial charge on any atom is -0.496 e. The normalized spacial score (nSPS) is 10.8. The summed E-state index contributed by atoms with van der Waals surface area (Å²) >= 11 is 3.51. The summed E-state index contributed by atoms with van der Waals surface area (Å²) in [6.45, 7) is 7.15. The molecular formula is C16H20BrN3O. The van der Waals surface area contributed by atoms with Gasteiger partial charge in [-0.15, -0.1) is 0 Å². The van der Waals surface area contributed by atoms with Crippen molar-refractivity contribution in [3.8, 4) is 17.1 Å². The highest BCUT2D eigenvalue weighted by atomic mass is 79.9. The summed E-state index contributed by atoms with van der Waals surface area (Å²) in [5.74, 6) is 2.73. The molecule has 0 amide bonds. The fraction of sp³-hybridized carbons (Fsp3) is 0.375. The molecule has 0 aliphatic rings. The van der Waals surface area contributed by atoms with Crippen molar-refractivity contribution < 1.29 is 4.74 Å². The summed E-state index contributed by atoms with van der Waals surface area (Å²) in [5.41, 5.74) is 1.99. The molecule has 2 rings (SSSR count). The maximum absolute atomic E-state index is 5.26. The Morgan fingerprint density at radius 2 is 2.00 bits per heavy atom. The molecule has 0 fully saturated rings. The Hall–Kier alpha value is -1.62. The van der Waals surface area contributed by atoms with Crippen LogP contribution >= 0.6 is 15.9 Å². The van der Waals surface area contributed by atoms with Gasteiger partial charge in [-0.3, -0.25) is 0 Å². The van der Waals surface area contributed by atoms with E-state index < -0.39 is 0 Å². The van der Waals surface area contributed by atoms with Gasteiger partial charge in [-0.2, -0.15) is 0 Å². The summed E-state index contributed by atoms with van der Waals surface area (Å²) in [5, 5.41) is 3.26. The highest BCUT2D eigenvalue weighted by Gasteiger charge is 2.11. The first kappa shape index (κ1) is 15.8. The second-order valence-corrected chi connectivity index (χ2v) is 5.89. The quantitative estimate of drug-likeness (QED) is 0.864. The lowest BCUT2D eigenvalue weighted by atomic mass is 10.1. The number of hydrogen-bond donors (Lipinski definition) is 1. The highest BCUT2D eigenvalue weighted by Crippen LogP contribution is 2.30. The van der Waals surface area contributed by atoms with Crippen LogP contribution in [0.15, 0.2) is 28.7 Å². The van der Waals surface area contributed by atoms with Gasteiger partial charge in [0.15, 0.2) is 5.82 Å². The van der Waals surface area contributed by atoms with E-state index in [1.807, 2.05) is 24.3 Å². The van der Waals surface area contributed by atoms with Crippen molar-refractivity contribution >= 4 is 21.7 Å². The van der Waals surface area contributed by atoms with Gasteiger partial charge in [0.1, 0.15) is 11.6 Å². The molecule has 4 nitrogen and oxygen atoms in total. The van der Waals surface area contributed by atoms with Gasteiger partial charge in [-0.25, -0.2) is 9.97 Å². The van der Waals surface area contributed by atoms with Crippen molar-refractivity contribution in [1.29, 1.82) is 0 Å². The average Bonchev–Trinajstić information content (AvgIpc) is 2.47. The van der Waals surface area contributed by atoms with Crippen LogP contribution in [0.1, 0.15) is 32.4 Å². The molecule has 2 aromatic rings. The Morgan fingerprint density at radius 1 is 1.24 bits per heavy atom. The maximum Gasteiger partial charge on any atom is 0.161 e. The number of methoxy groups -OCH3 is 1. The van der Waals surface area contributed by atoms with Crippen molar-refractivity contribution in [2.24, 2.45) is 0 Å². The van der Waals surface area contributed by atoms with Crippen LogP contribution < -0.4 is 10.1 Å². The first-order valence-corrected chi connectivity index (χ1v) is 7.81. The Morgan fingerprint density at radius 3 is 2.57 bits per heavy atom. The average molecular weight is 350 g/mol. The molecule has 0 radical (unpaired) electrons. The number of anilines is 1. The summed E-state index contributed by atoms with van der Waals surface area (Å²) < 4.78 is 6.15. The molecule has 5 heteroatoms.